The standard InChI is InChI=1S/C17H26N2O3S2/c1-3-24(21,22)19-11-4-5-15(13-19)17(20)18-10-12-23-16-8-6-14(2)7-9-16/h6-9,15H,3-5,10-13H2,1-2H3,(H,18,20)/t15-/m0/s1. The first-order valence-corrected chi connectivity index (χ1v) is 11.0. The number of sulfonamides is 1. The summed E-state index contributed by atoms with van der Waals surface area (Å²) >= 11 is 1.71. The van der Waals surface area contributed by atoms with E-state index < -0.39 is 10.0 Å². The fourth-order valence-electron chi connectivity index (χ4n) is 2.71. The van der Waals surface area contributed by atoms with E-state index in [0.717, 1.165) is 18.6 Å². The SMILES string of the molecule is CCS(=O)(=O)N1CCC[C@H](C(=O)NCCSc2ccc(C)cc2)C1. The van der Waals surface area contributed by atoms with Crippen LogP contribution in [0.25, 0.3) is 0 Å². The average molecular weight is 371 g/mol. The van der Waals surface area contributed by atoms with Crippen LogP contribution in [0.5, 0.6) is 0 Å². The Morgan fingerprint density at radius 3 is 2.71 bits per heavy atom. The fraction of sp³-hybridized carbons (Fsp3) is 0.588. The third-order valence-corrected chi connectivity index (χ3v) is 7.07. The molecule has 0 unspecified atom stereocenters. The van der Waals surface area contributed by atoms with E-state index in [1.807, 2.05) is 0 Å². The zero-order valence-electron chi connectivity index (χ0n) is 14.3. The summed E-state index contributed by atoms with van der Waals surface area (Å²) in [6.45, 7) is 5.13. The molecule has 1 saturated heterocycles. The number of nitrogens with zero attached hydrogens (tertiary/aromatic N) is 1. The van der Waals surface area contributed by atoms with Crippen molar-refractivity contribution in [1.29, 1.82) is 0 Å². The van der Waals surface area contributed by atoms with Gasteiger partial charge in [0, 0.05) is 30.3 Å². The molecular weight excluding hydrogens is 344 g/mol. The largest absolute Gasteiger partial charge is 0.355 e. The van der Waals surface area contributed by atoms with Crippen LogP contribution < -0.4 is 5.32 Å². The normalized spacial score (nSPS) is 19.2. The molecule has 1 aliphatic heterocycles. The molecule has 1 heterocycles. The van der Waals surface area contributed by atoms with Crippen molar-refractivity contribution in [2.75, 3.05) is 31.1 Å². The van der Waals surface area contributed by atoms with E-state index in [1.54, 1.807) is 18.7 Å². The van der Waals surface area contributed by atoms with Gasteiger partial charge in [0.1, 0.15) is 0 Å². The number of piperidine rings is 1. The highest BCUT2D eigenvalue weighted by Gasteiger charge is 2.31. The molecule has 1 fully saturated rings. The summed E-state index contributed by atoms with van der Waals surface area (Å²) in [5.41, 5.74) is 1.23. The van der Waals surface area contributed by atoms with Crippen LogP contribution in [0.15, 0.2) is 29.2 Å². The van der Waals surface area contributed by atoms with Gasteiger partial charge in [-0.1, -0.05) is 17.7 Å². The Morgan fingerprint density at radius 1 is 1.33 bits per heavy atom. The summed E-state index contributed by atoms with van der Waals surface area (Å²) in [7, 11) is -3.20. The maximum absolute atomic E-state index is 12.3. The first-order chi connectivity index (χ1) is 11.4. The molecule has 0 bridgehead atoms. The van der Waals surface area contributed by atoms with Gasteiger partial charge in [0.05, 0.1) is 11.7 Å². The van der Waals surface area contributed by atoms with E-state index in [9.17, 15) is 13.2 Å². The molecule has 1 N–H and O–H groups in total. The summed E-state index contributed by atoms with van der Waals surface area (Å²) in [6.07, 6.45) is 1.50. The van der Waals surface area contributed by atoms with Crippen molar-refractivity contribution in [1.82, 2.24) is 9.62 Å². The molecular formula is C17H26N2O3S2. The summed E-state index contributed by atoms with van der Waals surface area (Å²) < 4.78 is 25.4. The predicted octanol–water partition coefficient (Wildman–Crippen LogP) is 2.27. The number of thioether (sulfide) groups is 1. The van der Waals surface area contributed by atoms with Crippen LogP contribution in [0.2, 0.25) is 0 Å². The molecule has 1 aromatic carbocycles. The second-order valence-electron chi connectivity index (χ2n) is 6.05. The highest BCUT2D eigenvalue weighted by molar-refractivity contribution is 7.99. The van der Waals surface area contributed by atoms with Crippen LogP contribution in [0, 0.1) is 12.8 Å². The summed E-state index contributed by atoms with van der Waals surface area (Å²) in [5, 5.41) is 2.94. The number of hydrogen-bond donors (Lipinski definition) is 1. The molecule has 1 aliphatic rings. The Hall–Kier alpha value is -1.05. The average Bonchev–Trinajstić information content (AvgIpc) is 2.60. The van der Waals surface area contributed by atoms with E-state index in [-0.39, 0.29) is 17.6 Å². The summed E-state index contributed by atoms with van der Waals surface area (Å²) in [5.74, 6) is 0.632. The number of amides is 1. The maximum atomic E-state index is 12.3. The van der Waals surface area contributed by atoms with Gasteiger partial charge >= 0.3 is 0 Å². The van der Waals surface area contributed by atoms with Crippen LogP contribution in [0.4, 0.5) is 0 Å². The summed E-state index contributed by atoms with van der Waals surface area (Å²) in [6, 6.07) is 8.31. The van der Waals surface area contributed by atoms with Gasteiger partial charge in [-0.15, -0.1) is 11.8 Å². The van der Waals surface area contributed by atoms with Gasteiger partial charge < -0.3 is 5.32 Å². The van der Waals surface area contributed by atoms with Gasteiger partial charge in [0.15, 0.2) is 0 Å². The van der Waals surface area contributed by atoms with E-state index in [1.165, 1.54) is 14.8 Å². The van der Waals surface area contributed by atoms with E-state index in [4.69, 9.17) is 0 Å². The predicted molar refractivity (Wildman–Crippen MR) is 98.7 cm³/mol. The van der Waals surface area contributed by atoms with Gasteiger partial charge in [0.25, 0.3) is 0 Å². The molecule has 0 spiro atoms. The maximum Gasteiger partial charge on any atom is 0.224 e. The lowest BCUT2D eigenvalue weighted by atomic mass is 9.99. The molecule has 2 rings (SSSR count). The van der Waals surface area contributed by atoms with Crippen LogP contribution in [-0.2, 0) is 14.8 Å². The fourth-order valence-corrected chi connectivity index (χ4v) is 4.66. The molecule has 1 amide bonds. The minimum atomic E-state index is -3.20. The molecule has 7 heteroatoms. The zero-order valence-corrected chi connectivity index (χ0v) is 16.0. The number of carbonyl (C=O) groups is 1. The van der Waals surface area contributed by atoms with E-state index in [2.05, 4.69) is 36.5 Å². The van der Waals surface area contributed by atoms with Crippen molar-refractivity contribution in [3.63, 3.8) is 0 Å². The molecule has 24 heavy (non-hydrogen) atoms. The lowest BCUT2D eigenvalue weighted by Crippen LogP contribution is -2.46. The number of benzene rings is 1. The summed E-state index contributed by atoms with van der Waals surface area (Å²) in [4.78, 5) is 13.5. The Bertz CT molecular complexity index is 644. The Kier molecular flexibility index (Phi) is 7.13. The number of rotatable bonds is 7. The molecule has 0 saturated carbocycles. The second-order valence-corrected chi connectivity index (χ2v) is 9.48. The first-order valence-electron chi connectivity index (χ1n) is 8.37. The third-order valence-electron chi connectivity index (χ3n) is 4.20. The van der Waals surface area contributed by atoms with Crippen LogP contribution >= 0.6 is 11.8 Å². The molecule has 0 aliphatic carbocycles. The lowest BCUT2D eigenvalue weighted by Gasteiger charge is -2.30. The first kappa shape index (κ1) is 19.3. The second kappa shape index (κ2) is 8.87. The third kappa shape index (κ3) is 5.50. The highest BCUT2D eigenvalue weighted by Crippen LogP contribution is 2.20. The van der Waals surface area contributed by atoms with Crippen LogP contribution in [-0.4, -0.2) is 49.8 Å². The lowest BCUT2D eigenvalue weighted by molar-refractivity contribution is -0.125. The monoisotopic (exact) mass is 370 g/mol. The van der Waals surface area contributed by atoms with Gasteiger partial charge in [0.2, 0.25) is 15.9 Å². The van der Waals surface area contributed by atoms with Gasteiger partial charge in [-0.25, -0.2) is 12.7 Å². The highest BCUT2D eigenvalue weighted by atomic mass is 32.2. The van der Waals surface area contributed by atoms with Crippen molar-refractivity contribution in [3.05, 3.63) is 29.8 Å². The Morgan fingerprint density at radius 2 is 2.04 bits per heavy atom. The van der Waals surface area contributed by atoms with Gasteiger partial charge in [-0.3, -0.25) is 4.79 Å². The molecule has 1 aromatic rings. The number of aryl methyl sites for hydroxylation is 1. The number of hydrogen-bond acceptors (Lipinski definition) is 4. The van der Waals surface area contributed by atoms with Crippen molar-refractivity contribution >= 4 is 27.7 Å². The molecule has 5 nitrogen and oxygen atoms in total. The topological polar surface area (TPSA) is 66.5 Å². The van der Waals surface area contributed by atoms with Crippen molar-refractivity contribution in [3.8, 4) is 0 Å². The van der Waals surface area contributed by atoms with Gasteiger partial charge in [-0.2, -0.15) is 0 Å². The molecule has 0 radical (unpaired) electrons. The molecule has 1 atom stereocenters. The number of nitrogens with one attached hydrogen (secondary N) is 1. The van der Waals surface area contributed by atoms with Crippen LogP contribution in [0.1, 0.15) is 25.3 Å². The van der Waals surface area contributed by atoms with Gasteiger partial charge in [-0.05, 0) is 38.8 Å². The molecule has 134 valence electrons. The molecule has 0 aromatic heterocycles. The minimum absolute atomic E-state index is 0.0319. The van der Waals surface area contributed by atoms with Crippen molar-refractivity contribution < 1.29 is 13.2 Å². The van der Waals surface area contributed by atoms with Crippen LogP contribution in [0.3, 0.4) is 0 Å². The van der Waals surface area contributed by atoms with Crippen molar-refractivity contribution in [2.45, 2.75) is 31.6 Å². The van der Waals surface area contributed by atoms with Crippen molar-refractivity contribution in [2.24, 2.45) is 5.92 Å². The number of carbonyl (C=O) groups excluding carboxylic acids is 1. The van der Waals surface area contributed by atoms with E-state index >= 15 is 0 Å². The zero-order chi connectivity index (χ0) is 17.6. The van der Waals surface area contributed by atoms with E-state index in [0.29, 0.717) is 19.6 Å². The minimum Gasteiger partial charge on any atom is -0.355 e. The quantitative estimate of drug-likeness (QED) is 0.591. The smallest absolute Gasteiger partial charge is 0.224 e. The Balaban J connectivity index is 1.75. The Labute approximate surface area is 149 Å².